The molecule has 0 radical (unpaired) electrons. The van der Waals surface area contributed by atoms with Gasteiger partial charge in [-0.3, -0.25) is 10.1 Å². The van der Waals surface area contributed by atoms with Crippen molar-refractivity contribution in [2.24, 2.45) is 5.41 Å². The Kier molecular flexibility index (Phi) is 5.17. The molecule has 1 saturated heterocycles. The molecular formula is C12H20F3NO2S. The van der Waals surface area contributed by atoms with Crippen LogP contribution in [0.25, 0.3) is 0 Å². The lowest BCUT2D eigenvalue weighted by atomic mass is 9.79. The fourth-order valence-electron chi connectivity index (χ4n) is 2.28. The van der Waals surface area contributed by atoms with Crippen LogP contribution in [0.5, 0.6) is 0 Å². The Hall–Kier alpha value is -0.430. The topological polar surface area (TPSA) is 38.3 Å². The Bertz CT molecular complexity index is 333. The summed E-state index contributed by atoms with van der Waals surface area (Å²) in [5.74, 6) is 0.548. The lowest BCUT2D eigenvalue weighted by Gasteiger charge is -2.43. The van der Waals surface area contributed by atoms with Crippen LogP contribution < -0.4 is 5.32 Å². The molecule has 0 aromatic heterocycles. The monoisotopic (exact) mass is 299 g/mol. The third kappa shape index (κ3) is 4.87. The van der Waals surface area contributed by atoms with Crippen molar-refractivity contribution in [3.63, 3.8) is 0 Å². The molecule has 1 N–H and O–H groups in total. The lowest BCUT2D eigenvalue weighted by molar-refractivity contribution is -0.156. The largest absolute Gasteiger partial charge is 0.465 e. The lowest BCUT2D eigenvalue weighted by Crippen LogP contribution is -2.61. The third-order valence-corrected chi connectivity index (χ3v) is 4.60. The van der Waals surface area contributed by atoms with Gasteiger partial charge in [-0.1, -0.05) is 13.8 Å². The second-order valence-electron chi connectivity index (χ2n) is 5.61. The molecule has 1 unspecified atom stereocenters. The predicted octanol–water partition coefficient (Wildman–Crippen LogP) is 2.60. The Morgan fingerprint density at radius 3 is 2.47 bits per heavy atom. The van der Waals surface area contributed by atoms with Gasteiger partial charge in [0.2, 0.25) is 0 Å². The summed E-state index contributed by atoms with van der Waals surface area (Å²) in [7, 11) is 0. The second kappa shape index (κ2) is 5.91. The number of hydrogen-bond acceptors (Lipinski definition) is 4. The van der Waals surface area contributed by atoms with Crippen molar-refractivity contribution in [1.29, 1.82) is 0 Å². The Labute approximate surface area is 115 Å². The van der Waals surface area contributed by atoms with E-state index in [9.17, 15) is 18.0 Å². The fraction of sp³-hybridized carbons (Fsp3) is 0.917. The van der Waals surface area contributed by atoms with E-state index < -0.39 is 24.2 Å². The van der Waals surface area contributed by atoms with Gasteiger partial charge in [-0.25, -0.2) is 0 Å². The highest BCUT2D eigenvalue weighted by molar-refractivity contribution is 7.99. The summed E-state index contributed by atoms with van der Waals surface area (Å²) < 4.78 is 42.2. The summed E-state index contributed by atoms with van der Waals surface area (Å²) in [6, 6.07) is 0. The summed E-state index contributed by atoms with van der Waals surface area (Å²) in [6.45, 7) is 4.53. The number of alkyl halides is 3. The molecule has 7 heteroatoms. The van der Waals surface area contributed by atoms with Crippen LogP contribution in [0.15, 0.2) is 0 Å². The van der Waals surface area contributed by atoms with Gasteiger partial charge in [-0.05, 0) is 24.5 Å². The first-order chi connectivity index (χ1) is 8.60. The molecule has 0 saturated carbocycles. The molecular weight excluding hydrogens is 279 g/mol. The highest BCUT2D eigenvalue weighted by Gasteiger charge is 2.48. The van der Waals surface area contributed by atoms with Crippen LogP contribution in [0.4, 0.5) is 13.2 Å². The number of hydrogen-bond donors (Lipinski definition) is 1. The van der Waals surface area contributed by atoms with Crippen LogP contribution in [0, 0.1) is 5.41 Å². The van der Waals surface area contributed by atoms with E-state index in [0.29, 0.717) is 12.2 Å². The predicted molar refractivity (Wildman–Crippen MR) is 69.1 cm³/mol. The summed E-state index contributed by atoms with van der Waals surface area (Å²) in [5, 5.41) is 2.39. The molecule has 0 aromatic rings. The van der Waals surface area contributed by atoms with E-state index in [1.165, 1.54) is 11.8 Å². The molecule has 0 aromatic carbocycles. The van der Waals surface area contributed by atoms with Crippen molar-refractivity contribution in [1.82, 2.24) is 5.32 Å². The van der Waals surface area contributed by atoms with E-state index in [1.54, 1.807) is 6.92 Å². The maximum absolute atomic E-state index is 12.4. The van der Waals surface area contributed by atoms with Crippen molar-refractivity contribution in [3.8, 4) is 0 Å². The van der Waals surface area contributed by atoms with E-state index in [4.69, 9.17) is 4.74 Å². The van der Waals surface area contributed by atoms with Gasteiger partial charge in [0.15, 0.2) is 0 Å². The van der Waals surface area contributed by atoms with E-state index in [-0.39, 0.29) is 12.0 Å². The summed E-state index contributed by atoms with van der Waals surface area (Å²) in [4.78, 5) is 12.1. The molecule has 1 aliphatic rings. The molecule has 19 heavy (non-hydrogen) atoms. The van der Waals surface area contributed by atoms with E-state index in [2.05, 4.69) is 5.32 Å². The SMILES string of the molecule is CCOC(=O)C1(NCC(F)(F)F)CSCC(C)(C)C1. The summed E-state index contributed by atoms with van der Waals surface area (Å²) in [5.41, 5.74) is -1.44. The molecule has 3 nitrogen and oxygen atoms in total. The van der Waals surface area contributed by atoms with Gasteiger partial charge in [-0.2, -0.15) is 24.9 Å². The van der Waals surface area contributed by atoms with Crippen molar-refractivity contribution in [2.75, 3.05) is 24.7 Å². The molecule has 1 heterocycles. The van der Waals surface area contributed by atoms with Gasteiger partial charge in [0, 0.05) is 5.75 Å². The molecule has 1 fully saturated rings. The van der Waals surface area contributed by atoms with E-state index in [0.717, 1.165) is 5.75 Å². The second-order valence-corrected chi connectivity index (χ2v) is 6.59. The molecule has 112 valence electrons. The number of nitrogens with one attached hydrogen (secondary N) is 1. The van der Waals surface area contributed by atoms with Gasteiger partial charge in [0.05, 0.1) is 13.2 Å². The van der Waals surface area contributed by atoms with Gasteiger partial charge >= 0.3 is 12.1 Å². The number of halogens is 3. The van der Waals surface area contributed by atoms with Crippen LogP contribution in [0.2, 0.25) is 0 Å². The first kappa shape index (κ1) is 16.6. The van der Waals surface area contributed by atoms with Crippen LogP contribution in [-0.2, 0) is 9.53 Å². The average molecular weight is 299 g/mol. The molecule has 0 amide bonds. The maximum atomic E-state index is 12.4. The molecule has 0 aliphatic carbocycles. The standard InChI is InChI=1S/C12H20F3NO2S/c1-4-18-9(17)11(16-6-12(13,14)15)5-10(2,3)7-19-8-11/h16H,4-8H2,1-3H3. The smallest absolute Gasteiger partial charge is 0.401 e. The Balaban J connectivity index is 2.87. The van der Waals surface area contributed by atoms with Crippen molar-refractivity contribution < 1.29 is 22.7 Å². The van der Waals surface area contributed by atoms with Gasteiger partial charge in [-0.15, -0.1) is 0 Å². The maximum Gasteiger partial charge on any atom is 0.401 e. The van der Waals surface area contributed by atoms with Crippen LogP contribution in [-0.4, -0.2) is 42.3 Å². The van der Waals surface area contributed by atoms with Crippen molar-refractivity contribution >= 4 is 17.7 Å². The highest BCUT2D eigenvalue weighted by atomic mass is 32.2. The van der Waals surface area contributed by atoms with E-state index >= 15 is 0 Å². The normalized spacial score (nSPS) is 27.1. The minimum atomic E-state index is -4.34. The number of rotatable bonds is 4. The quantitative estimate of drug-likeness (QED) is 0.810. The summed E-state index contributed by atoms with van der Waals surface area (Å²) in [6.07, 6.45) is -3.99. The number of ether oxygens (including phenoxy) is 1. The zero-order valence-corrected chi connectivity index (χ0v) is 12.2. The van der Waals surface area contributed by atoms with Crippen LogP contribution >= 0.6 is 11.8 Å². The Morgan fingerprint density at radius 2 is 2.00 bits per heavy atom. The van der Waals surface area contributed by atoms with Crippen LogP contribution in [0.1, 0.15) is 27.2 Å². The first-order valence-electron chi connectivity index (χ1n) is 6.17. The highest BCUT2D eigenvalue weighted by Crippen LogP contribution is 2.40. The summed E-state index contributed by atoms with van der Waals surface area (Å²) >= 11 is 1.48. The fourth-order valence-corrected chi connectivity index (χ4v) is 3.70. The third-order valence-electron chi connectivity index (χ3n) is 2.91. The molecule has 1 atom stereocenters. The Morgan fingerprint density at radius 1 is 1.37 bits per heavy atom. The zero-order chi connectivity index (χ0) is 14.7. The molecule has 1 aliphatic heterocycles. The van der Waals surface area contributed by atoms with Gasteiger partial charge in [0.1, 0.15) is 5.54 Å². The number of thioether (sulfide) groups is 1. The van der Waals surface area contributed by atoms with E-state index in [1.807, 2.05) is 13.8 Å². The van der Waals surface area contributed by atoms with Crippen molar-refractivity contribution in [2.45, 2.75) is 38.9 Å². The van der Waals surface area contributed by atoms with Gasteiger partial charge < -0.3 is 4.74 Å². The van der Waals surface area contributed by atoms with Crippen molar-refractivity contribution in [3.05, 3.63) is 0 Å². The van der Waals surface area contributed by atoms with Crippen LogP contribution in [0.3, 0.4) is 0 Å². The zero-order valence-electron chi connectivity index (χ0n) is 11.4. The number of carbonyl (C=O) groups excluding carboxylic acids is 1. The minimum Gasteiger partial charge on any atom is -0.465 e. The minimum absolute atomic E-state index is 0.166. The number of carbonyl (C=O) groups is 1. The molecule has 0 spiro atoms. The van der Waals surface area contributed by atoms with Gasteiger partial charge in [0.25, 0.3) is 0 Å². The molecule has 0 bridgehead atoms. The number of esters is 1. The first-order valence-corrected chi connectivity index (χ1v) is 7.32. The molecule has 1 rings (SSSR count). The average Bonchev–Trinajstić information content (AvgIpc) is 2.24.